The van der Waals surface area contributed by atoms with Crippen molar-refractivity contribution in [3.05, 3.63) is 18.0 Å². The van der Waals surface area contributed by atoms with Gasteiger partial charge in [-0.05, 0) is 25.8 Å². The van der Waals surface area contributed by atoms with E-state index in [1.807, 2.05) is 0 Å². The zero-order chi connectivity index (χ0) is 13.6. The van der Waals surface area contributed by atoms with Crippen LogP contribution in [0.1, 0.15) is 25.8 Å². The Morgan fingerprint density at radius 3 is 2.56 bits per heavy atom. The first-order valence-corrected chi connectivity index (χ1v) is 5.73. The summed E-state index contributed by atoms with van der Waals surface area (Å²) in [4.78, 5) is 19.5. The number of rotatable bonds is 6. The third-order valence-electron chi connectivity index (χ3n) is 2.38. The lowest BCUT2D eigenvalue weighted by Gasteiger charge is -2.23. The highest BCUT2D eigenvalue weighted by Crippen LogP contribution is 2.06. The van der Waals surface area contributed by atoms with Crippen LogP contribution in [0.15, 0.2) is 12.4 Å². The molecule has 1 aromatic heterocycles. The molecule has 0 aliphatic rings. The molecular formula is C12H19N3O3. The van der Waals surface area contributed by atoms with Crippen molar-refractivity contribution in [2.75, 3.05) is 13.7 Å². The molecule has 0 saturated heterocycles. The molecule has 0 saturated carbocycles. The minimum atomic E-state index is -0.590. The fourth-order valence-electron chi connectivity index (χ4n) is 1.31. The second kappa shape index (κ2) is 6.30. The van der Waals surface area contributed by atoms with E-state index in [9.17, 15) is 4.79 Å². The third-order valence-corrected chi connectivity index (χ3v) is 2.38. The number of hydrogen-bond acceptors (Lipinski definition) is 5. The Labute approximate surface area is 106 Å². The molecular weight excluding hydrogens is 234 g/mol. The van der Waals surface area contributed by atoms with Gasteiger partial charge in [-0.25, -0.2) is 9.97 Å². The number of aryl methyl sites for hydroxylation is 1. The molecule has 6 heteroatoms. The molecule has 0 atom stereocenters. The summed E-state index contributed by atoms with van der Waals surface area (Å²) in [5.41, 5.74) is 0.279. The van der Waals surface area contributed by atoms with Crippen LogP contribution in [0, 0.1) is 0 Å². The number of aliphatic hydroxyl groups is 1. The smallest absolute Gasteiger partial charge is 0.316 e. The van der Waals surface area contributed by atoms with E-state index >= 15 is 0 Å². The van der Waals surface area contributed by atoms with Crippen molar-refractivity contribution in [1.29, 1.82) is 0 Å². The minimum absolute atomic E-state index is 0.0929. The molecule has 18 heavy (non-hydrogen) atoms. The number of aliphatic hydroxyl groups excluding tert-OH is 1. The number of ether oxygens (including phenoxy) is 1. The highest BCUT2D eigenvalue weighted by atomic mass is 16.5. The van der Waals surface area contributed by atoms with E-state index in [-0.39, 0.29) is 12.5 Å². The maximum Gasteiger partial charge on any atom is 0.316 e. The average molecular weight is 253 g/mol. The van der Waals surface area contributed by atoms with Crippen LogP contribution in [0.5, 0.6) is 6.01 Å². The van der Waals surface area contributed by atoms with Gasteiger partial charge < -0.3 is 15.2 Å². The molecule has 0 aliphatic heterocycles. The van der Waals surface area contributed by atoms with Crippen LogP contribution in [0.2, 0.25) is 0 Å². The molecule has 1 amide bonds. The SMILES string of the molecule is COc1ncc(CCC(=O)NC(C)(C)CO)cn1. The lowest BCUT2D eigenvalue weighted by Crippen LogP contribution is -2.46. The Morgan fingerprint density at radius 1 is 1.44 bits per heavy atom. The van der Waals surface area contributed by atoms with Gasteiger partial charge in [0.05, 0.1) is 19.3 Å². The number of nitrogens with zero attached hydrogens (tertiary/aromatic N) is 2. The van der Waals surface area contributed by atoms with Crippen LogP contribution in [0.25, 0.3) is 0 Å². The molecule has 1 rings (SSSR count). The Balaban J connectivity index is 2.42. The molecule has 0 fully saturated rings. The van der Waals surface area contributed by atoms with Crippen molar-refractivity contribution in [3.63, 3.8) is 0 Å². The van der Waals surface area contributed by atoms with Crippen LogP contribution in [-0.4, -0.2) is 40.2 Å². The summed E-state index contributed by atoms with van der Waals surface area (Å²) < 4.78 is 4.85. The number of hydrogen-bond donors (Lipinski definition) is 2. The number of amides is 1. The Morgan fingerprint density at radius 2 is 2.06 bits per heavy atom. The molecule has 0 aromatic carbocycles. The van der Waals surface area contributed by atoms with Crippen LogP contribution >= 0.6 is 0 Å². The Kier molecular flexibility index (Phi) is 5.03. The summed E-state index contributed by atoms with van der Waals surface area (Å²) in [5, 5.41) is 11.8. The number of carbonyl (C=O) groups excluding carboxylic acids is 1. The predicted molar refractivity (Wildman–Crippen MR) is 66.2 cm³/mol. The maximum absolute atomic E-state index is 11.6. The van der Waals surface area contributed by atoms with Gasteiger partial charge in [0.2, 0.25) is 5.91 Å². The number of aromatic nitrogens is 2. The van der Waals surface area contributed by atoms with Gasteiger partial charge in [-0.15, -0.1) is 0 Å². The molecule has 0 radical (unpaired) electrons. The van der Waals surface area contributed by atoms with Gasteiger partial charge in [0.1, 0.15) is 0 Å². The van der Waals surface area contributed by atoms with Crippen molar-refractivity contribution in [2.45, 2.75) is 32.2 Å². The van der Waals surface area contributed by atoms with Gasteiger partial charge >= 0.3 is 6.01 Å². The van der Waals surface area contributed by atoms with Gasteiger partial charge in [0, 0.05) is 18.8 Å². The maximum atomic E-state index is 11.6. The van der Waals surface area contributed by atoms with Gasteiger partial charge in [-0.3, -0.25) is 4.79 Å². The summed E-state index contributed by atoms with van der Waals surface area (Å²) in [6.45, 7) is 3.44. The van der Waals surface area contributed by atoms with E-state index in [0.717, 1.165) is 5.56 Å². The van der Waals surface area contributed by atoms with E-state index < -0.39 is 5.54 Å². The quantitative estimate of drug-likeness (QED) is 0.762. The zero-order valence-corrected chi connectivity index (χ0v) is 10.9. The van der Waals surface area contributed by atoms with Crippen LogP contribution in [0.4, 0.5) is 0 Å². The van der Waals surface area contributed by atoms with Gasteiger partial charge in [0.25, 0.3) is 0 Å². The Hall–Kier alpha value is -1.69. The lowest BCUT2D eigenvalue weighted by atomic mass is 10.1. The number of methoxy groups -OCH3 is 1. The predicted octanol–water partition coefficient (Wildman–Crippen LogP) is 0.305. The van der Waals surface area contributed by atoms with Gasteiger partial charge in [-0.1, -0.05) is 0 Å². The highest BCUT2D eigenvalue weighted by Gasteiger charge is 2.18. The van der Waals surface area contributed by atoms with E-state index in [2.05, 4.69) is 15.3 Å². The summed E-state index contributed by atoms with van der Waals surface area (Å²) >= 11 is 0. The molecule has 0 spiro atoms. The molecule has 1 heterocycles. The summed E-state index contributed by atoms with van der Waals surface area (Å²) in [6, 6.07) is 0.310. The van der Waals surface area contributed by atoms with Gasteiger partial charge in [0.15, 0.2) is 0 Å². The molecule has 6 nitrogen and oxygen atoms in total. The molecule has 2 N–H and O–H groups in total. The van der Waals surface area contributed by atoms with E-state index in [1.54, 1.807) is 26.2 Å². The monoisotopic (exact) mass is 253 g/mol. The fourth-order valence-corrected chi connectivity index (χ4v) is 1.31. The van der Waals surface area contributed by atoms with E-state index in [1.165, 1.54) is 7.11 Å². The van der Waals surface area contributed by atoms with Crippen molar-refractivity contribution in [2.24, 2.45) is 0 Å². The van der Waals surface area contributed by atoms with Gasteiger partial charge in [-0.2, -0.15) is 0 Å². The van der Waals surface area contributed by atoms with Crippen LogP contribution in [-0.2, 0) is 11.2 Å². The van der Waals surface area contributed by atoms with Crippen molar-refractivity contribution >= 4 is 5.91 Å². The lowest BCUT2D eigenvalue weighted by molar-refractivity contribution is -0.123. The first-order valence-electron chi connectivity index (χ1n) is 5.73. The first kappa shape index (κ1) is 14.4. The fraction of sp³-hybridized carbons (Fsp3) is 0.583. The topological polar surface area (TPSA) is 84.3 Å². The largest absolute Gasteiger partial charge is 0.467 e. The molecule has 0 unspecified atom stereocenters. The number of nitrogens with one attached hydrogen (secondary N) is 1. The molecule has 0 bridgehead atoms. The van der Waals surface area contributed by atoms with E-state index in [0.29, 0.717) is 18.9 Å². The number of carbonyl (C=O) groups is 1. The molecule has 0 aliphatic carbocycles. The normalized spacial score (nSPS) is 11.1. The molecule has 1 aromatic rings. The van der Waals surface area contributed by atoms with Crippen LogP contribution < -0.4 is 10.1 Å². The second-order valence-electron chi connectivity index (χ2n) is 4.67. The van der Waals surface area contributed by atoms with Crippen molar-refractivity contribution in [1.82, 2.24) is 15.3 Å². The third kappa shape index (κ3) is 4.67. The van der Waals surface area contributed by atoms with Crippen molar-refractivity contribution in [3.8, 4) is 6.01 Å². The Bertz CT molecular complexity index is 390. The van der Waals surface area contributed by atoms with Crippen molar-refractivity contribution < 1.29 is 14.6 Å². The summed E-state index contributed by atoms with van der Waals surface area (Å²) in [5.74, 6) is -0.107. The first-order chi connectivity index (χ1) is 8.46. The minimum Gasteiger partial charge on any atom is -0.467 e. The van der Waals surface area contributed by atoms with Crippen LogP contribution in [0.3, 0.4) is 0 Å². The van der Waals surface area contributed by atoms with E-state index in [4.69, 9.17) is 9.84 Å². The summed E-state index contributed by atoms with van der Waals surface area (Å²) in [7, 11) is 1.50. The summed E-state index contributed by atoms with van der Waals surface area (Å²) in [6.07, 6.45) is 4.16. The second-order valence-corrected chi connectivity index (χ2v) is 4.67. The molecule has 100 valence electrons. The standard InChI is InChI=1S/C12H19N3O3/c1-12(2,8-16)15-10(17)5-4-9-6-13-11(18-3)14-7-9/h6-7,16H,4-5,8H2,1-3H3,(H,15,17). The average Bonchev–Trinajstić information content (AvgIpc) is 2.36. The zero-order valence-electron chi connectivity index (χ0n) is 10.9. The highest BCUT2D eigenvalue weighted by molar-refractivity contribution is 5.76.